The van der Waals surface area contributed by atoms with E-state index in [4.69, 9.17) is 9.97 Å². The quantitative estimate of drug-likeness (QED) is 0.196. The average molecular weight is 570 g/mol. The molecule has 1 aliphatic heterocycles. The molecule has 2 aliphatic rings. The summed E-state index contributed by atoms with van der Waals surface area (Å²) in [5, 5.41) is 5.18. The van der Waals surface area contributed by atoms with Gasteiger partial charge in [0, 0.05) is 32.6 Å². The normalized spacial score (nSPS) is 15.3. The molecular formula is C39H31N3Si. The van der Waals surface area contributed by atoms with Gasteiger partial charge in [0.1, 0.15) is 13.9 Å². The van der Waals surface area contributed by atoms with E-state index in [0.29, 0.717) is 0 Å². The molecule has 3 heterocycles. The molecule has 0 saturated heterocycles. The van der Waals surface area contributed by atoms with Crippen molar-refractivity contribution in [2.45, 2.75) is 32.4 Å². The number of para-hydroxylation sites is 1. The predicted octanol–water partition coefficient (Wildman–Crippen LogP) is 8.35. The number of hydrogen-bond acceptors (Lipinski definition) is 2. The van der Waals surface area contributed by atoms with Crippen LogP contribution in [0.25, 0.3) is 61.3 Å². The molecule has 0 saturated carbocycles. The zero-order valence-electron chi connectivity index (χ0n) is 24.8. The Morgan fingerprint density at radius 3 is 2.16 bits per heavy atom. The van der Waals surface area contributed by atoms with Crippen LogP contribution in [0.2, 0.25) is 13.1 Å². The van der Waals surface area contributed by atoms with Gasteiger partial charge in [0.25, 0.3) is 0 Å². The number of aromatic nitrogens is 3. The second-order valence-electron chi connectivity index (χ2n) is 13.0. The third kappa shape index (κ3) is 3.14. The van der Waals surface area contributed by atoms with E-state index in [-0.39, 0.29) is 5.41 Å². The van der Waals surface area contributed by atoms with Crippen molar-refractivity contribution in [1.82, 2.24) is 14.5 Å². The molecule has 0 spiro atoms. The molecule has 0 unspecified atom stereocenters. The average Bonchev–Trinajstić information content (AvgIpc) is 3.58. The molecule has 3 nitrogen and oxygen atoms in total. The Morgan fingerprint density at radius 2 is 1.33 bits per heavy atom. The minimum absolute atomic E-state index is 0.165. The van der Waals surface area contributed by atoms with Crippen molar-refractivity contribution in [2.24, 2.45) is 0 Å². The molecule has 0 bridgehead atoms. The van der Waals surface area contributed by atoms with Crippen LogP contribution >= 0.6 is 0 Å². The minimum Gasteiger partial charge on any atom is -0.293 e. The van der Waals surface area contributed by atoms with Crippen LogP contribution in [-0.4, -0.2) is 22.6 Å². The molecular weight excluding hydrogens is 539 g/mol. The number of benzene rings is 5. The summed E-state index contributed by atoms with van der Waals surface area (Å²) in [6.45, 7) is 9.63. The maximum Gasteiger partial charge on any atom is 0.161 e. The van der Waals surface area contributed by atoms with Crippen LogP contribution in [-0.2, 0) is 5.41 Å². The zero-order valence-corrected chi connectivity index (χ0v) is 25.8. The summed E-state index contributed by atoms with van der Waals surface area (Å²) < 4.78 is 2.48. The summed E-state index contributed by atoms with van der Waals surface area (Å²) in [5.41, 5.74) is 11.2. The Hall–Kier alpha value is -4.80. The maximum atomic E-state index is 5.52. The van der Waals surface area contributed by atoms with Gasteiger partial charge in [0.2, 0.25) is 0 Å². The summed E-state index contributed by atoms with van der Waals surface area (Å²) >= 11 is 0. The highest BCUT2D eigenvalue weighted by Gasteiger charge is 2.43. The maximum absolute atomic E-state index is 5.52. The Morgan fingerprint density at radius 1 is 0.628 bits per heavy atom. The van der Waals surface area contributed by atoms with E-state index in [9.17, 15) is 0 Å². The predicted molar refractivity (Wildman–Crippen MR) is 182 cm³/mol. The Balaban J connectivity index is 1.50. The van der Waals surface area contributed by atoms with Crippen molar-refractivity contribution < 1.29 is 0 Å². The first-order valence-electron chi connectivity index (χ1n) is 15.1. The third-order valence-electron chi connectivity index (χ3n) is 9.95. The van der Waals surface area contributed by atoms with Crippen LogP contribution in [0.1, 0.15) is 25.0 Å². The fourth-order valence-corrected chi connectivity index (χ4v) is 10.8. The lowest BCUT2D eigenvalue weighted by Crippen LogP contribution is -2.51. The molecule has 7 aromatic rings. The van der Waals surface area contributed by atoms with E-state index < -0.39 is 8.07 Å². The number of fused-ring (bicyclic) bond motifs is 10. The number of nitrogens with zero attached hydrogens (tertiary/aromatic N) is 3. The lowest BCUT2D eigenvalue weighted by Gasteiger charge is -2.24. The second-order valence-corrected chi connectivity index (χ2v) is 17.3. The summed E-state index contributed by atoms with van der Waals surface area (Å²) in [4.78, 5) is 10.9. The van der Waals surface area contributed by atoms with Gasteiger partial charge in [-0.15, -0.1) is 0 Å². The highest BCUT2D eigenvalue weighted by Crippen LogP contribution is 2.53. The summed E-state index contributed by atoms with van der Waals surface area (Å²) in [6.07, 6.45) is 0. The van der Waals surface area contributed by atoms with E-state index in [0.717, 1.165) is 17.2 Å². The monoisotopic (exact) mass is 569 g/mol. The lowest BCUT2D eigenvalue weighted by atomic mass is 9.81. The lowest BCUT2D eigenvalue weighted by molar-refractivity contribution is 0.663. The Bertz CT molecular complexity index is 2290. The van der Waals surface area contributed by atoms with Gasteiger partial charge >= 0.3 is 0 Å². The summed E-state index contributed by atoms with van der Waals surface area (Å²) in [6, 6.07) is 41.8. The van der Waals surface area contributed by atoms with Crippen molar-refractivity contribution >= 4 is 40.4 Å². The van der Waals surface area contributed by atoms with E-state index >= 15 is 0 Å². The Kier molecular flexibility index (Phi) is 4.83. The van der Waals surface area contributed by atoms with Gasteiger partial charge in [0.15, 0.2) is 5.82 Å². The van der Waals surface area contributed by atoms with Gasteiger partial charge in [-0.3, -0.25) is 4.57 Å². The van der Waals surface area contributed by atoms with E-state index in [2.05, 4.69) is 147 Å². The van der Waals surface area contributed by atoms with Crippen molar-refractivity contribution in [2.75, 3.05) is 0 Å². The molecule has 5 aromatic carbocycles. The largest absolute Gasteiger partial charge is 0.293 e. The van der Waals surface area contributed by atoms with Crippen molar-refractivity contribution in [1.29, 1.82) is 0 Å². The van der Waals surface area contributed by atoms with Crippen molar-refractivity contribution in [3.8, 4) is 39.5 Å². The van der Waals surface area contributed by atoms with Gasteiger partial charge in [-0.25, -0.2) is 9.97 Å². The van der Waals surface area contributed by atoms with Gasteiger partial charge in [-0.05, 0) is 39.1 Å². The molecule has 206 valence electrons. The molecule has 0 radical (unpaired) electrons. The molecule has 9 rings (SSSR count). The van der Waals surface area contributed by atoms with E-state index in [1.165, 1.54) is 65.7 Å². The number of hydrogen-bond donors (Lipinski definition) is 0. The first-order chi connectivity index (χ1) is 20.9. The Labute approximate surface area is 252 Å². The molecule has 0 fully saturated rings. The van der Waals surface area contributed by atoms with Crippen LogP contribution in [0.5, 0.6) is 0 Å². The van der Waals surface area contributed by atoms with Crippen LogP contribution in [0.15, 0.2) is 115 Å². The van der Waals surface area contributed by atoms with Crippen LogP contribution in [0.3, 0.4) is 0 Å². The zero-order chi connectivity index (χ0) is 29.1. The topological polar surface area (TPSA) is 30.7 Å². The first kappa shape index (κ1) is 24.8. The fourth-order valence-electron chi connectivity index (χ4n) is 7.93. The molecule has 0 N–H and O–H groups in total. The second kappa shape index (κ2) is 8.39. The fraction of sp³-hybridized carbons (Fsp3) is 0.128. The van der Waals surface area contributed by atoms with Crippen molar-refractivity contribution in [3.05, 3.63) is 126 Å². The van der Waals surface area contributed by atoms with Crippen molar-refractivity contribution in [3.63, 3.8) is 0 Å². The number of rotatable bonds is 2. The molecule has 0 atom stereocenters. The van der Waals surface area contributed by atoms with E-state index in [1.54, 1.807) is 0 Å². The van der Waals surface area contributed by atoms with Gasteiger partial charge in [0.05, 0.1) is 11.0 Å². The summed E-state index contributed by atoms with van der Waals surface area (Å²) in [7, 11) is -2.09. The molecule has 2 aromatic heterocycles. The van der Waals surface area contributed by atoms with Crippen LogP contribution in [0, 0.1) is 0 Å². The molecule has 1 aliphatic carbocycles. The van der Waals surface area contributed by atoms with Crippen LogP contribution < -0.4 is 10.5 Å². The molecule has 43 heavy (non-hydrogen) atoms. The van der Waals surface area contributed by atoms with Crippen LogP contribution in [0.4, 0.5) is 0 Å². The summed E-state index contributed by atoms with van der Waals surface area (Å²) in [5.74, 6) is 1.78. The van der Waals surface area contributed by atoms with Gasteiger partial charge in [-0.2, -0.15) is 0 Å². The minimum atomic E-state index is -2.09. The van der Waals surface area contributed by atoms with Gasteiger partial charge < -0.3 is 0 Å². The highest BCUT2D eigenvalue weighted by atomic mass is 28.3. The van der Waals surface area contributed by atoms with E-state index in [1.807, 2.05) is 0 Å². The highest BCUT2D eigenvalue weighted by molar-refractivity contribution is 7.03. The third-order valence-corrected chi connectivity index (χ3v) is 13.3. The standard InChI is InChI=1S/C39H31N3Si/c1-39(2)30-19-11-8-16-25(30)27-22-23-28-26-17-9-12-20-31(26)42(35(28)34(27)39)37-33-29-18-10-13-21-32(29)43(3,4)38(33)41-36(40-37)24-14-6-5-7-15-24/h5-23H,1-4H3. The SMILES string of the molecule is CC1(C)c2ccccc2-c2ccc3c4ccccc4n(-c4nc(-c5ccccc5)nc5c4-c4ccccc4[Si]5(C)C)c3c21. The molecule has 4 heteroatoms. The molecule has 0 amide bonds. The van der Waals surface area contributed by atoms with Gasteiger partial charge in [-0.1, -0.05) is 136 Å². The smallest absolute Gasteiger partial charge is 0.161 e. The first-order valence-corrected chi connectivity index (χ1v) is 18.1.